The summed E-state index contributed by atoms with van der Waals surface area (Å²) in [5.74, 6) is -0.750. The molecule has 0 radical (unpaired) electrons. The zero-order valence-corrected chi connectivity index (χ0v) is 10.8. The van der Waals surface area contributed by atoms with Gasteiger partial charge in [-0.2, -0.15) is 0 Å². The van der Waals surface area contributed by atoms with Crippen LogP contribution in [0.4, 0.5) is 5.69 Å². The maximum absolute atomic E-state index is 11.1. The number of nitrogens with zero attached hydrogens (tertiary/aromatic N) is 1. The number of benzene rings is 2. The molecule has 2 rings (SSSR count). The molecular formula is C15H13NO4. The highest BCUT2D eigenvalue weighted by Gasteiger charge is 2.08. The first-order valence-corrected chi connectivity index (χ1v) is 5.86. The molecule has 0 aliphatic carbocycles. The minimum absolute atomic E-state index is 0.0356. The number of phenols is 1. The van der Waals surface area contributed by atoms with Crippen LogP contribution in [0.2, 0.25) is 0 Å². The van der Waals surface area contributed by atoms with E-state index in [0.717, 1.165) is 0 Å². The number of carboxylic acid groups (broad SMARTS) is 1. The van der Waals surface area contributed by atoms with Crippen LogP contribution in [0.5, 0.6) is 11.5 Å². The molecule has 0 atom stereocenters. The monoisotopic (exact) mass is 271 g/mol. The second kappa shape index (κ2) is 5.88. The van der Waals surface area contributed by atoms with Gasteiger partial charge in [-0.3, -0.25) is 4.99 Å². The van der Waals surface area contributed by atoms with Crippen molar-refractivity contribution in [3.8, 4) is 11.5 Å². The summed E-state index contributed by atoms with van der Waals surface area (Å²) >= 11 is 0. The summed E-state index contributed by atoms with van der Waals surface area (Å²) in [6.07, 6.45) is 1.40. The molecule has 0 aliphatic heterocycles. The molecule has 0 aromatic heterocycles. The number of aromatic hydroxyl groups is 1. The molecule has 2 aromatic carbocycles. The van der Waals surface area contributed by atoms with Crippen LogP contribution in [0.25, 0.3) is 0 Å². The van der Waals surface area contributed by atoms with E-state index < -0.39 is 5.97 Å². The van der Waals surface area contributed by atoms with E-state index in [9.17, 15) is 9.90 Å². The number of para-hydroxylation sites is 2. The lowest BCUT2D eigenvalue weighted by molar-refractivity contribution is 0.0698. The lowest BCUT2D eigenvalue weighted by Crippen LogP contribution is -1.96. The molecule has 2 aromatic rings. The molecule has 2 N–H and O–H groups in total. The van der Waals surface area contributed by atoms with Gasteiger partial charge in [0.05, 0.1) is 18.4 Å². The molecule has 0 aliphatic rings. The largest absolute Gasteiger partial charge is 0.504 e. The Hall–Kier alpha value is -2.82. The smallest absolute Gasteiger partial charge is 0.337 e. The SMILES string of the molecule is COc1cccc(C=Nc2ccccc2C(=O)O)c1O. The van der Waals surface area contributed by atoms with Gasteiger partial charge in [-0.1, -0.05) is 18.2 Å². The van der Waals surface area contributed by atoms with Crippen LogP contribution in [0, 0.1) is 0 Å². The van der Waals surface area contributed by atoms with E-state index in [1.54, 1.807) is 36.4 Å². The Morgan fingerprint density at radius 3 is 2.65 bits per heavy atom. The van der Waals surface area contributed by atoms with Gasteiger partial charge in [-0.05, 0) is 24.3 Å². The first-order valence-electron chi connectivity index (χ1n) is 5.86. The average molecular weight is 271 g/mol. The highest BCUT2D eigenvalue weighted by atomic mass is 16.5. The fourth-order valence-corrected chi connectivity index (χ4v) is 1.71. The third-order valence-corrected chi connectivity index (χ3v) is 2.73. The average Bonchev–Trinajstić information content (AvgIpc) is 2.46. The van der Waals surface area contributed by atoms with Gasteiger partial charge in [-0.15, -0.1) is 0 Å². The number of ether oxygens (including phenoxy) is 1. The number of carboxylic acids is 1. The standard InChI is InChI=1S/C15H13NO4/c1-20-13-8-4-5-10(14(13)17)9-16-12-7-3-2-6-11(12)15(18)19/h2-9,17H,1H3,(H,18,19). The molecule has 0 saturated carbocycles. The van der Waals surface area contributed by atoms with Gasteiger partial charge >= 0.3 is 5.97 Å². The molecule has 0 heterocycles. The van der Waals surface area contributed by atoms with Crippen LogP contribution in [0.1, 0.15) is 15.9 Å². The summed E-state index contributed by atoms with van der Waals surface area (Å²) in [5.41, 5.74) is 0.873. The van der Waals surface area contributed by atoms with Crippen molar-refractivity contribution >= 4 is 17.9 Å². The van der Waals surface area contributed by atoms with Crippen molar-refractivity contribution in [2.24, 2.45) is 4.99 Å². The fourth-order valence-electron chi connectivity index (χ4n) is 1.71. The Balaban J connectivity index is 2.38. The number of carbonyl (C=O) groups is 1. The molecule has 0 amide bonds. The van der Waals surface area contributed by atoms with Crippen molar-refractivity contribution in [1.29, 1.82) is 0 Å². The van der Waals surface area contributed by atoms with Crippen molar-refractivity contribution in [1.82, 2.24) is 0 Å². The van der Waals surface area contributed by atoms with E-state index in [0.29, 0.717) is 17.0 Å². The van der Waals surface area contributed by atoms with Crippen molar-refractivity contribution in [2.75, 3.05) is 7.11 Å². The van der Waals surface area contributed by atoms with E-state index in [2.05, 4.69) is 4.99 Å². The van der Waals surface area contributed by atoms with Crippen molar-refractivity contribution in [3.05, 3.63) is 53.6 Å². The molecule has 20 heavy (non-hydrogen) atoms. The fraction of sp³-hybridized carbons (Fsp3) is 0.0667. The molecule has 0 bridgehead atoms. The van der Waals surface area contributed by atoms with Gasteiger partial charge < -0.3 is 14.9 Å². The molecule has 5 heteroatoms. The van der Waals surface area contributed by atoms with Gasteiger partial charge in [0.25, 0.3) is 0 Å². The van der Waals surface area contributed by atoms with Crippen LogP contribution in [-0.2, 0) is 0 Å². The van der Waals surface area contributed by atoms with Gasteiger partial charge in [0.15, 0.2) is 11.5 Å². The zero-order chi connectivity index (χ0) is 14.5. The van der Waals surface area contributed by atoms with Crippen molar-refractivity contribution in [3.63, 3.8) is 0 Å². The Bertz CT molecular complexity index is 665. The number of aromatic carboxylic acids is 1. The molecular weight excluding hydrogens is 258 g/mol. The number of aliphatic imine (C=N–C) groups is 1. The predicted octanol–water partition coefficient (Wildman–Crippen LogP) is 2.85. The third-order valence-electron chi connectivity index (χ3n) is 2.73. The van der Waals surface area contributed by atoms with E-state index >= 15 is 0 Å². The number of hydrogen-bond acceptors (Lipinski definition) is 4. The molecule has 5 nitrogen and oxygen atoms in total. The quantitative estimate of drug-likeness (QED) is 0.838. The topological polar surface area (TPSA) is 79.1 Å². The molecule has 102 valence electrons. The highest BCUT2D eigenvalue weighted by Crippen LogP contribution is 2.28. The molecule has 0 fully saturated rings. The predicted molar refractivity (Wildman–Crippen MR) is 75.3 cm³/mol. The lowest BCUT2D eigenvalue weighted by atomic mass is 10.1. The van der Waals surface area contributed by atoms with Crippen LogP contribution in [0.15, 0.2) is 47.5 Å². The van der Waals surface area contributed by atoms with E-state index in [1.807, 2.05) is 0 Å². The van der Waals surface area contributed by atoms with Crippen molar-refractivity contribution in [2.45, 2.75) is 0 Å². The summed E-state index contributed by atoms with van der Waals surface area (Å²) in [6.45, 7) is 0. The van der Waals surface area contributed by atoms with Gasteiger partial charge in [0.1, 0.15) is 0 Å². The van der Waals surface area contributed by atoms with Gasteiger partial charge in [0.2, 0.25) is 0 Å². The van der Waals surface area contributed by atoms with Crippen LogP contribution < -0.4 is 4.74 Å². The Labute approximate surface area is 115 Å². The van der Waals surface area contributed by atoms with Crippen LogP contribution in [-0.4, -0.2) is 29.5 Å². The van der Waals surface area contributed by atoms with Gasteiger partial charge in [-0.25, -0.2) is 4.79 Å². The maximum atomic E-state index is 11.1. The number of hydrogen-bond donors (Lipinski definition) is 2. The Kier molecular flexibility index (Phi) is 4.00. The van der Waals surface area contributed by atoms with Crippen LogP contribution in [0.3, 0.4) is 0 Å². The maximum Gasteiger partial charge on any atom is 0.337 e. The Morgan fingerprint density at radius 2 is 1.95 bits per heavy atom. The zero-order valence-electron chi connectivity index (χ0n) is 10.8. The van der Waals surface area contributed by atoms with Crippen molar-refractivity contribution < 1.29 is 19.7 Å². The Morgan fingerprint density at radius 1 is 1.20 bits per heavy atom. The highest BCUT2D eigenvalue weighted by molar-refractivity contribution is 5.95. The second-order valence-corrected chi connectivity index (χ2v) is 3.98. The minimum atomic E-state index is -1.05. The summed E-state index contributed by atoms with van der Waals surface area (Å²) < 4.78 is 4.99. The minimum Gasteiger partial charge on any atom is -0.504 e. The van der Waals surface area contributed by atoms with E-state index in [-0.39, 0.29) is 11.3 Å². The summed E-state index contributed by atoms with van der Waals surface area (Å²) in [4.78, 5) is 15.2. The second-order valence-electron chi connectivity index (χ2n) is 3.98. The first kappa shape index (κ1) is 13.6. The molecule has 0 saturated heterocycles. The number of methoxy groups -OCH3 is 1. The summed E-state index contributed by atoms with van der Waals surface area (Å²) in [7, 11) is 1.45. The van der Waals surface area contributed by atoms with Gasteiger partial charge in [0, 0.05) is 11.8 Å². The van der Waals surface area contributed by atoms with E-state index in [1.165, 1.54) is 19.4 Å². The third kappa shape index (κ3) is 2.77. The molecule has 0 unspecified atom stereocenters. The molecule has 0 spiro atoms. The van der Waals surface area contributed by atoms with Crippen LogP contribution >= 0.6 is 0 Å². The van der Waals surface area contributed by atoms with E-state index in [4.69, 9.17) is 9.84 Å². The summed E-state index contributed by atoms with van der Waals surface area (Å²) in [5, 5.41) is 19.0. The lowest BCUT2D eigenvalue weighted by Gasteiger charge is -2.05. The normalized spacial score (nSPS) is 10.7. The first-order chi connectivity index (χ1) is 9.63. The number of phenolic OH excluding ortho intramolecular Hbond substituents is 1. The number of rotatable bonds is 4. The summed E-state index contributed by atoms with van der Waals surface area (Å²) in [6, 6.07) is 11.4.